The Morgan fingerprint density at radius 2 is 2.10 bits per heavy atom. The molecule has 0 saturated heterocycles. The Morgan fingerprint density at radius 1 is 1.29 bits per heavy atom. The highest BCUT2D eigenvalue weighted by molar-refractivity contribution is 7.21. The van der Waals surface area contributed by atoms with Gasteiger partial charge in [-0.1, -0.05) is 23.7 Å². The van der Waals surface area contributed by atoms with Crippen molar-refractivity contribution in [3.8, 4) is 16.3 Å². The average molecular weight is 318 g/mol. The minimum absolute atomic E-state index is 0.379. The summed E-state index contributed by atoms with van der Waals surface area (Å²) >= 11 is 7.81. The maximum Gasteiger partial charge on any atom is 0.308 e. The molecule has 0 aliphatic heterocycles. The second kappa shape index (κ2) is 5.47. The van der Waals surface area contributed by atoms with Crippen LogP contribution in [0.2, 0.25) is 5.02 Å². The Kier molecular flexibility index (Phi) is 3.66. The van der Waals surface area contributed by atoms with Crippen molar-refractivity contribution in [1.29, 1.82) is 0 Å². The summed E-state index contributed by atoms with van der Waals surface area (Å²) in [6.45, 7) is 3.39. The first-order chi connectivity index (χ1) is 10.0. The lowest BCUT2D eigenvalue weighted by atomic mass is 10.2. The van der Waals surface area contributed by atoms with Crippen molar-refractivity contribution in [1.82, 2.24) is 4.98 Å². The van der Waals surface area contributed by atoms with Crippen LogP contribution in [0.5, 0.6) is 5.75 Å². The highest BCUT2D eigenvalue weighted by Gasteiger charge is 2.16. The number of esters is 1. The smallest absolute Gasteiger partial charge is 0.308 e. The van der Waals surface area contributed by atoms with E-state index in [0.717, 1.165) is 20.8 Å². The van der Waals surface area contributed by atoms with Gasteiger partial charge in [0.05, 0.1) is 20.8 Å². The van der Waals surface area contributed by atoms with Gasteiger partial charge in [0.25, 0.3) is 0 Å². The molecule has 0 bridgehead atoms. The second-order valence-electron chi connectivity index (χ2n) is 4.70. The quantitative estimate of drug-likeness (QED) is 0.501. The highest BCUT2D eigenvalue weighted by atomic mass is 35.5. The summed E-state index contributed by atoms with van der Waals surface area (Å²) in [4.78, 5) is 15.9. The lowest BCUT2D eigenvalue weighted by Gasteiger charge is -2.08. The third kappa shape index (κ3) is 2.77. The van der Waals surface area contributed by atoms with Gasteiger partial charge in [-0.05, 0) is 36.8 Å². The van der Waals surface area contributed by atoms with Gasteiger partial charge in [-0.2, -0.15) is 0 Å². The minimum Gasteiger partial charge on any atom is -0.426 e. The van der Waals surface area contributed by atoms with Gasteiger partial charge in [0.1, 0.15) is 10.8 Å². The zero-order valence-electron chi connectivity index (χ0n) is 11.5. The van der Waals surface area contributed by atoms with Crippen LogP contribution in [-0.2, 0) is 4.79 Å². The van der Waals surface area contributed by atoms with Gasteiger partial charge in [0, 0.05) is 6.92 Å². The molecule has 0 aliphatic carbocycles. The van der Waals surface area contributed by atoms with Crippen LogP contribution in [-0.4, -0.2) is 11.0 Å². The van der Waals surface area contributed by atoms with Gasteiger partial charge in [0.2, 0.25) is 0 Å². The Balaban J connectivity index is 2.19. The van der Waals surface area contributed by atoms with E-state index < -0.39 is 0 Å². The van der Waals surface area contributed by atoms with Crippen molar-refractivity contribution in [2.45, 2.75) is 13.8 Å². The Bertz CT molecular complexity index is 841. The number of aromatic nitrogens is 1. The number of rotatable bonds is 2. The van der Waals surface area contributed by atoms with E-state index in [-0.39, 0.29) is 5.97 Å². The van der Waals surface area contributed by atoms with E-state index >= 15 is 0 Å². The first-order valence-electron chi connectivity index (χ1n) is 6.39. The lowest BCUT2D eigenvalue weighted by molar-refractivity contribution is -0.131. The predicted octanol–water partition coefficient (Wildman–Crippen LogP) is 4.85. The highest BCUT2D eigenvalue weighted by Crippen LogP contribution is 2.40. The zero-order chi connectivity index (χ0) is 15.0. The van der Waals surface area contributed by atoms with E-state index in [1.807, 2.05) is 25.1 Å². The third-order valence-corrected chi connectivity index (χ3v) is 4.35. The molecule has 2 aromatic carbocycles. The monoisotopic (exact) mass is 317 g/mol. The number of ether oxygens (including phenoxy) is 1. The first-order valence-corrected chi connectivity index (χ1v) is 7.58. The van der Waals surface area contributed by atoms with Gasteiger partial charge in [-0.25, -0.2) is 4.98 Å². The Hall–Kier alpha value is -1.91. The molecule has 0 unspecified atom stereocenters. The maximum absolute atomic E-state index is 11.2. The molecule has 0 spiro atoms. The van der Waals surface area contributed by atoms with E-state index in [1.54, 1.807) is 18.2 Å². The van der Waals surface area contributed by atoms with Crippen molar-refractivity contribution in [2.24, 2.45) is 0 Å². The summed E-state index contributed by atoms with van der Waals surface area (Å²) in [5.41, 5.74) is 2.73. The molecule has 1 aromatic heterocycles. The topological polar surface area (TPSA) is 39.2 Å². The molecular weight excluding hydrogens is 306 g/mol. The molecule has 0 fully saturated rings. The normalized spacial score (nSPS) is 10.8. The number of aryl methyl sites for hydroxylation is 1. The van der Waals surface area contributed by atoms with E-state index in [2.05, 4.69) is 4.98 Å². The van der Waals surface area contributed by atoms with Crippen molar-refractivity contribution in [3.63, 3.8) is 0 Å². The van der Waals surface area contributed by atoms with Gasteiger partial charge < -0.3 is 4.74 Å². The first kappa shape index (κ1) is 14.0. The summed E-state index contributed by atoms with van der Waals surface area (Å²) in [6.07, 6.45) is 0. The molecule has 0 amide bonds. The molecule has 106 valence electrons. The molecule has 5 heteroatoms. The number of hydrogen-bond acceptors (Lipinski definition) is 4. The summed E-state index contributed by atoms with van der Waals surface area (Å²) < 4.78 is 6.32. The van der Waals surface area contributed by atoms with Crippen LogP contribution in [0.3, 0.4) is 0 Å². The van der Waals surface area contributed by atoms with Crippen LogP contribution in [0.4, 0.5) is 0 Å². The summed E-state index contributed by atoms with van der Waals surface area (Å²) in [6, 6.07) is 11.3. The molecular formula is C16H12ClNO2S. The zero-order valence-corrected chi connectivity index (χ0v) is 13.1. The molecule has 0 radical (unpaired) electrons. The minimum atomic E-state index is -0.379. The molecule has 0 N–H and O–H groups in total. The molecule has 3 nitrogen and oxygen atoms in total. The average Bonchev–Trinajstić information content (AvgIpc) is 2.80. The fourth-order valence-electron chi connectivity index (χ4n) is 2.10. The molecule has 1 heterocycles. The van der Waals surface area contributed by atoms with Gasteiger partial charge in [-0.3, -0.25) is 4.79 Å². The molecule has 0 aliphatic rings. The van der Waals surface area contributed by atoms with Crippen molar-refractivity contribution >= 4 is 39.1 Å². The fraction of sp³-hybridized carbons (Fsp3) is 0.125. The lowest BCUT2D eigenvalue weighted by Crippen LogP contribution is -2.02. The number of halogens is 1. The van der Waals surface area contributed by atoms with Crippen LogP contribution in [0, 0.1) is 6.92 Å². The van der Waals surface area contributed by atoms with Crippen LogP contribution in [0.15, 0.2) is 36.4 Å². The van der Waals surface area contributed by atoms with Crippen LogP contribution < -0.4 is 4.74 Å². The summed E-state index contributed by atoms with van der Waals surface area (Å²) in [5.74, 6) is 0.0567. The van der Waals surface area contributed by atoms with Crippen LogP contribution in [0.25, 0.3) is 20.8 Å². The van der Waals surface area contributed by atoms with Crippen molar-refractivity contribution in [3.05, 3.63) is 47.0 Å². The number of thiazole rings is 1. The fourth-order valence-corrected chi connectivity index (χ4v) is 3.42. The largest absolute Gasteiger partial charge is 0.426 e. The number of hydrogen-bond donors (Lipinski definition) is 0. The Labute approximate surface area is 131 Å². The van der Waals surface area contributed by atoms with Crippen molar-refractivity contribution < 1.29 is 9.53 Å². The maximum atomic E-state index is 11.2. The summed E-state index contributed by atoms with van der Waals surface area (Å²) in [7, 11) is 0. The number of nitrogens with zero attached hydrogens (tertiary/aromatic N) is 1. The van der Waals surface area contributed by atoms with E-state index in [4.69, 9.17) is 16.3 Å². The molecule has 21 heavy (non-hydrogen) atoms. The third-order valence-electron chi connectivity index (χ3n) is 2.99. The van der Waals surface area contributed by atoms with E-state index in [1.165, 1.54) is 18.3 Å². The summed E-state index contributed by atoms with van der Waals surface area (Å²) in [5, 5.41) is 1.27. The van der Waals surface area contributed by atoms with Crippen LogP contribution in [0.1, 0.15) is 12.5 Å². The van der Waals surface area contributed by atoms with Gasteiger partial charge >= 0.3 is 5.97 Å². The molecule has 3 aromatic rings. The standard InChI is InChI=1S/C16H12ClNO2S/c1-9-6-7-14-12(8-9)18-16(21-14)15-11(17)4-3-5-13(15)20-10(2)19/h3-8H,1-2H3. The number of fused-ring (bicyclic) bond motifs is 1. The number of carbonyl (C=O) groups is 1. The molecule has 0 saturated carbocycles. The van der Waals surface area contributed by atoms with E-state index in [0.29, 0.717) is 16.3 Å². The molecule has 3 rings (SSSR count). The van der Waals surface area contributed by atoms with Crippen LogP contribution >= 0.6 is 22.9 Å². The number of carbonyl (C=O) groups excluding carboxylic acids is 1. The Morgan fingerprint density at radius 3 is 2.86 bits per heavy atom. The van der Waals surface area contributed by atoms with Gasteiger partial charge in [0.15, 0.2) is 0 Å². The number of benzene rings is 2. The van der Waals surface area contributed by atoms with Gasteiger partial charge in [-0.15, -0.1) is 11.3 Å². The SMILES string of the molecule is CC(=O)Oc1cccc(Cl)c1-c1nc2cc(C)ccc2s1. The van der Waals surface area contributed by atoms with E-state index in [9.17, 15) is 4.79 Å². The second-order valence-corrected chi connectivity index (χ2v) is 6.13. The van der Waals surface area contributed by atoms with Crippen molar-refractivity contribution in [2.75, 3.05) is 0 Å². The predicted molar refractivity (Wildman–Crippen MR) is 86.1 cm³/mol. The molecule has 0 atom stereocenters.